The fraction of sp³-hybridized carbons (Fsp3) is 0.800. The zero-order chi connectivity index (χ0) is 6.69. The van der Waals surface area contributed by atoms with Gasteiger partial charge < -0.3 is 9.84 Å². The summed E-state index contributed by atoms with van der Waals surface area (Å²) in [6.45, 7) is 0.869. The number of thiocarbonyl (C=S) groups is 1. The van der Waals surface area contributed by atoms with Gasteiger partial charge >= 0.3 is 0 Å². The Morgan fingerprint density at radius 3 is 3.00 bits per heavy atom. The van der Waals surface area contributed by atoms with Gasteiger partial charge in [-0.15, -0.1) is 11.8 Å². The summed E-state index contributed by atoms with van der Waals surface area (Å²) in [7, 11) is 0. The number of thioether (sulfide) groups is 1. The highest BCUT2D eigenvalue weighted by Crippen LogP contribution is 2.16. The van der Waals surface area contributed by atoms with Crippen molar-refractivity contribution in [2.75, 3.05) is 19.0 Å². The Hall–Kier alpha value is 0.360. The lowest BCUT2D eigenvalue weighted by molar-refractivity contribution is 0.362. The number of epoxide rings is 1. The van der Waals surface area contributed by atoms with E-state index >= 15 is 0 Å². The van der Waals surface area contributed by atoms with Gasteiger partial charge in [-0.25, -0.2) is 0 Å². The number of aliphatic hydroxyl groups is 1. The van der Waals surface area contributed by atoms with E-state index in [4.69, 9.17) is 22.1 Å². The molecule has 1 aliphatic heterocycles. The maximum absolute atomic E-state index is 8.47. The predicted molar refractivity (Wildman–Crippen MR) is 41.9 cm³/mol. The van der Waals surface area contributed by atoms with Crippen LogP contribution in [-0.4, -0.2) is 34.4 Å². The van der Waals surface area contributed by atoms with E-state index in [1.807, 2.05) is 0 Å². The molecule has 2 nitrogen and oxygen atoms in total. The van der Waals surface area contributed by atoms with Crippen molar-refractivity contribution in [2.45, 2.75) is 6.10 Å². The van der Waals surface area contributed by atoms with E-state index in [9.17, 15) is 0 Å². The molecule has 0 aromatic carbocycles. The first-order chi connectivity index (χ1) is 4.33. The van der Waals surface area contributed by atoms with Crippen LogP contribution in [0, 0.1) is 0 Å². The minimum absolute atomic E-state index is 0.00667. The van der Waals surface area contributed by atoms with Gasteiger partial charge in [0, 0.05) is 5.75 Å². The molecule has 0 amide bonds. The largest absolute Gasteiger partial charge is 0.390 e. The highest BCUT2D eigenvalue weighted by atomic mass is 32.2. The van der Waals surface area contributed by atoms with E-state index in [1.165, 1.54) is 11.8 Å². The van der Waals surface area contributed by atoms with Crippen molar-refractivity contribution in [3.63, 3.8) is 0 Å². The van der Waals surface area contributed by atoms with Crippen LogP contribution in [0.25, 0.3) is 0 Å². The van der Waals surface area contributed by atoms with Crippen LogP contribution >= 0.6 is 24.0 Å². The van der Waals surface area contributed by atoms with Crippen LogP contribution < -0.4 is 0 Å². The molecule has 52 valence electrons. The van der Waals surface area contributed by atoms with Crippen LogP contribution in [0.5, 0.6) is 0 Å². The molecule has 4 heteroatoms. The van der Waals surface area contributed by atoms with Gasteiger partial charge in [-0.05, 0) is 0 Å². The van der Waals surface area contributed by atoms with Crippen molar-refractivity contribution in [1.82, 2.24) is 0 Å². The zero-order valence-corrected chi connectivity index (χ0v) is 6.50. The molecule has 1 aliphatic rings. The third-order valence-corrected chi connectivity index (χ3v) is 2.43. The Labute approximate surface area is 63.6 Å². The topological polar surface area (TPSA) is 32.8 Å². The average Bonchev–Trinajstić information content (AvgIpc) is 2.65. The lowest BCUT2D eigenvalue weighted by Crippen LogP contribution is -1.99. The summed E-state index contributed by atoms with van der Waals surface area (Å²) < 4.78 is 5.60. The van der Waals surface area contributed by atoms with Crippen molar-refractivity contribution in [3.8, 4) is 0 Å². The third kappa shape index (κ3) is 3.15. The molecule has 0 radical (unpaired) electrons. The lowest BCUT2D eigenvalue weighted by Gasteiger charge is -1.94. The van der Waals surface area contributed by atoms with Crippen LogP contribution in [0.4, 0.5) is 0 Å². The molecular formula is C5H8O2S2. The van der Waals surface area contributed by atoms with Crippen molar-refractivity contribution in [3.05, 3.63) is 0 Å². The van der Waals surface area contributed by atoms with Gasteiger partial charge in [0.25, 0.3) is 0 Å². The molecule has 1 unspecified atom stereocenters. The van der Waals surface area contributed by atoms with E-state index in [2.05, 4.69) is 0 Å². The second-order valence-corrected chi connectivity index (χ2v) is 3.66. The summed E-state index contributed by atoms with van der Waals surface area (Å²) >= 11 is 6.26. The second kappa shape index (κ2) is 3.51. The lowest BCUT2D eigenvalue weighted by atomic mass is 10.6. The Kier molecular flexibility index (Phi) is 2.91. The first-order valence-electron chi connectivity index (χ1n) is 2.71. The fourth-order valence-corrected chi connectivity index (χ4v) is 1.26. The highest BCUT2D eigenvalue weighted by molar-refractivity contribution is 8.23. The van der Waals surface area contributed by atoms with Gasteiger partial charge in [0.2, 0.25) is 0 Å². The van der Waals surface area contributed by atoms with Crippen molar-refractivity contribution in [1.29, 1.82) is 0 Å². The van der Waals surface area contributed by atoms with Crippen LogP contribution in [0.2, 0.25) is 0 Å². The molecule has 1 heterocycles. The summed E-state index contributed by atoms with van der Waals surface area (Å²) in [4.78, 5) is 0. The van der Waals surface area contributed by atoms with Crippen LogP contribution in [0.1, 0.15) is 0 Å². The van der Waals surface area contributed by atoms with E-state index in [-0.39, 0.29) is 6.61 Å². The number of hydrogen-bond acceptors (Lipinski definition) is 4. The predicted octanol–water partition coefficient (Wildman–Crippen LogP) is 0.438. The number of ether oxygens (including phenoxy) is 1. The Balaban J connectivity index is 1.96. The number of rotatable bonds is 3. The molecule has 0 saturated carbocycles. The quantitative estimate of drug-likeness (QED) is 0.484. The minimum atomic E-state index is 0.00667. The first-order valence-corrected chi connectivity index (χ1v) is 4.10. The van der Waals surface area contributed by atoms with E-state index in [1.54, 1.807) is 0 Å². The van der Waals surface area contributed by atoms with E-state index in [0.29, 0.717) is 10.3 Å². The van der Waals surface area contributed by atoms with Crippen molar-refractivity contribution < 1.29 is 9.84 Å². The van der Waals surface area contributed by atoms with Crippen LogP contribution in [0.3, 0.4) is 0 Å². The summed E-state index contributed by atoms with van der Waals surface area (Å²) in [5.41, 5.74) is 0. The van der Waals surface area contributed by atoms with Gasteiger partial charge in [0.05, 0.1) is 23.5 Å². The molecule has 1 N–H and O–H groups in total. The SMILES string of the molecule is OCC(=S)SCC1CO1. The molecular weight excluding hydrogens is 156 g/mol. The Morgan fingerprint density at radius 1 is 1.89 bits per heavy atom. The second-order valence-electron chi connectivity index (χ2n) is 1.80. The molecule has 1 saturated heterocycles. The Morgan fingerprint density at radius 2 is 2.56 bits per heavy atom. The van der Waals surface area contributed by atoms with Crippen molar-refractivity contribution >= 4 is 28.2 Å². The fourth-order valence-electron chi connectivity index (χ4n) is 0.396. The molecule has 0 aromatic rings. The Bertz CT molecular complexity index is 112. The maximum atomic E-state index is 8.47. The minimum Gasteiger partial charge on any atom is -0.390 e. The summed E-state index contributed by atoms with van der Waals surface area (Å²) in [6, 6.07) is 0. The van der Waals surface area contributed by atoms with E-state index < -0.39 is 0 Å². The molecule has 0 bridgehead atoms. The molecule has 0 aliphatic carbocycles. The maximum Gasteiger partial charge on any atom is 0.0903 e. The molecule has 0 spiro atoms. The molecule has 1 rings (SSSR count). The molecule has 0 aromatic heterocycles. The highest BCUT2D eigenvalue weighted by Gasteiger charge is 2.22. The van der Waals surface area contributed by atoms with Gasteiger partial charge in [-0.3, -0.25) is 0 Å². The standard InChI is InChI=1S/C5H8O2S2/c6-1-5(8)9-3-4-2-7-4/h4,6H,1-3H2. The number of aliphatic hydroxyl groups excluding tert-OH is 1. The summed E-state index contributed by atoms with van der Waals surface area (Å²) in [5.74, 6) is 0.902. The van der Waals surface area contributed by atoms with E-state index in [0.717, 1.165) is 12.4 Å². The third-order valence-electron chi connectivity index (χ3n) is 0.962. The van der Waals surface area contributed by atoms with Gasteiger partial charge in [0.1, 0.15) is 0 Å². The smallest absolute Gasteiger partial charge is 0.0903 e. The molecule has 1 fully saturated rings. The normalized spacial score (nSPS) is 23.9. The van der Waals surface area contributed by atoms with Crippen molar-refractivity contribution in [2.24, 2.45) is 0 Å². The summed E-state index contributed by atoms with van der Waals surface area (Å²) in [5, 5.41) is 8.47. The molecule has 1 atom stereocenters. The average molecular weight is 164 g/mol. The summed E-state index contributed by atoms with van der Waals surface area (Å²) in [6.07, 6.45) is 0.402. The monoisotopic (exact) mass is 164 g/mol. The molecule has 9 heavy (non-hydrogen) atoms. The zero-order valence-electron chi connectivity index (χ0n) is 4.87. The van der Waals surface area contributed by atoms with Gasteiger partial charge in [-0.1, -0.05) is 12.2 Å². The van der Waals surface area contributed by atoms with Gasteiger partial charge in [0.15, 0.2) is 0 Å². The van der Waals surface area contributed by atoms with Crippen LogP contribution in [-0.2, 0) is 4.74 Å². The number of hydrogen-bond donors (Lipinski definition) is 1. The first kappa shape index (κ1) is 7.47. The van der Waals surface area contributed by atoms with Gasteiger partial charge in [-0.2, -0.15) is 0 Å². The van der Waals surface area contributed by atoms with Crippen LogP contribution in [0.15, 0.2) is 0 Å².